The number of hydrogen-bond acceptors (Lipinski definition) is 23. The van der Waals surface area contributed by atoms with Gasteiger partial charge in [0.25, 0.3) is 47.3 Å². The van der Waals surface area contributed by atoms with Crippen molar-refractivity contribution in [3.8, 4) is 17.2 Å². The van der Waals surface area contributed by atoms with Crippen molar-refractivity contribution in [3.63, 3.8) is 0 Å². The average molecular weight is 2150 g/mol. The number of aliphatic hydroxyl groups excluding tert-OH is 8. The standard InChI is InChI=1S/C29H33FN2O6S.C28H31FN2O5S.C27H28ClFN2O4S.C27H27F3N2O4S/c1-37-22-13-18(14-23(16-22)38-2)12-19-15-24(39-17-19)9-10-31-28(35)26(33)27(34)29(36)32-11-3-4-25(32)20-5-7-21(30)8-6-20;1-36-22-5-2-4-18(15-22)14-19-16-23(37-17-19)11-12-30-27(34)25(32)26(33)28(35)31-13-3-6-24(31)20-7-9-21(29)10-8-20;28-20-4-1-3-17(14-20)13-18-15-22(36-16-18)10-11-30-26(34)24(32)25(33)27(35)31-12-2-5-23(31)19-6-8-21(29)9-7-19;28-18-8-6-17(7-9-18)23-5-2-12-32(23)27(36)25(34)24(33)26(35)31-11-10-19-13-16(15-37-19)14-20-21(29)3-1-4-22(20)30/h5-8,13-17,25-27,33-34H,3-4,9-12H2,1-2H3,(H,31,35);2,4-5,7-10,15-17,24-26,32-33H,3,6,11-14H2,1H3,(H,30,34);1,3-4,6-9,14-16,23-25,32-33H,2,5,10-13H2,(H,30,34);1,3-4,6-9,13,15,23-25,33-34H,2,5,10-12,14H2,(H,31,35)/t25?,26-,27-;24?,25-,26-;2*23?,24-,25-/m1111/s1. The number of rotatable bonds is 39. The van der Waals surface area contributed by atoms with Crippen LogP contribution in [-0.2, 0) is 89.7 Å². The first-order chi connectivity index (χ1) is 71.7. The third-order valence-electron chi connectivity index (χ3n) is 26.1. The molecule has 149 heavy (non-hydrogen) atoms. The van der Waals surface area contributed by atoms with Gasteiger partial charge in [0.1, 0.15) is 52.2 Å². The van der Waals surface area contributed by atoms with Crippen LogP contribution in [0.2, 0.25) is 5.02 Å². The summed E-state index contributed by atoms with van der Waals surface area (Å²) in [5.74, 6) is -6.71. The van der Waals surface area contributed by atoms with Gasteiger partial charge in [-0.3, -0.25) is 38.4 Å². The number of nitrogens with one attached hydrogen (secondary N) is 4. The highest BCUT2D eigenvalue weighted by atomic mass is 35.5. The van der Waals surface area contributed by atoms with Gasteiger partial charge in [-0.2, -0.15) is 0 Å². The van der Waals surface area contributed by atoms with Gasteiger partial charge in [0.05, 0.1) is 45.5 Å². The zero-order valence-corrected chi connectivity index (χ0v) is 86.0. The van der Waals surface area contributed by atoms with Crippen LogP contribution < -0.4 is 35.5 Å². The summed E-state index contributed by atoms with van der Waals surface area (Å²) >= 11 is 12.2. The van der Waals surface area contributed by atoms with Crippen LogP contribution >= 0.6 is 56.9 Å². The molecule has 38 heteroatoms. The molecule has 0 saturated carbocycles. The molecule has 12 atom stereocenters. The average Bonchev–Trinajstić information content (AvgIpc) is 1.72. The van der Waals surface area contributed by atoms with Gasteiger partial charge < -0.3 is 95.9 Å². The lowest BCUT2D eigenvalue weighted by Gasteiger charge is -2.28. The Morgan fingerprint density at radius 3 is 0.866 bits per heavy atom. The van der Waals surface area contributed by atoms with Crippen LogP contribution in [0.5, 0.6) is 17.2 Å². The number of likely N-dealkylation sites (tertiary alicyclic amines) is 4. The zero-order valence-electron chi connectivity index (χ0n) is 82.0. The Hall–Kier alpha value is -12.7. The molecule has 4 saturated heterocycles. The van der Waals surface area contributed by atoms with Crippen LogP contribution in [-0.4, -0.2) is 230 Å². The van der Waals surface area contributed by atoms with E-state index in [1.807, 2.05) is 72.1 Å². The number of halogens is 7. The molecule has 8 aromatic carbocycles. The largest absolute Gasteiger partial charge is 0.497 e. The number of amides is 8. The van der Waals surface area contributed by atoms with E-state index in [2.05, 4.69) is 50.2 Å². The van der Waals surface area contributed by atoms with Crippen molar-refractivity contribution in [2.75, 3.05) is 73.7 Å². The molecule has 12 aromatic rings. The molecule has 4 aliphatic rings. The first-order valence-corrected chi connectivity index (χ1v) is 52.7. The molecule has 4 fully saturated rings. The van der Waals surface area contributed by atoms with Gasteiger partial charge in [-0.1, -0.05) is 90.5 Å². The number of hydrogen-bond donors (Lipinski definition) is 12. The molecule has 4 aliphatic heterocycles. The Bertz CT molecular complexity index is 6440. The lowest BCUT2D eigenvalue weighted by atomic mass is 10.0. The number of carbonyl (C=O) groups excluding carboxylic acids is 8. The Kier molecular flexibility index (Phi) is 42.0. The predicted molar refractivity (Wildman–Crippen MR) is 554 cm³/mol. The smallest absolute Gasteiger partial charge is 0.255 e. The van der Waals surface area contributed by atoms with E-state index in [-0.39, 0.29) is 79.8 Å². The molecule has 12 N–H and O–H groups in total. The van der Waals surface area contributed by atoms with Gasteiger partial charge in [-0.05, 0) is 300 Å². The van der Waals surface area contributed by atoms with Crippen LogP contribution in [0.15, 0.2) is 228 Å². The molecule has 0 bridgehead atoms. The molecule has 8 heterocycles. The molecule has 0 aliphatic carbocycles. The van der Waals surface area contributed by atoms with Gasteiger partial charge in [0.2, 0.25) is 0 Å². The van der Waals surface area contributed by atoms with Crippen LogP contribution in [0.3, 0.4) is 0 Å². The van der Waals surface area contributed by atoms with E-state index in [0.29, 0.717) is 120 Å². The second kappa shape index (κ2) is 55.2. The molecule has 8 amide bonds. The number of aliphatic hydroxyl groups is 8. The van der Waals surface area contributed by atoms with Crippen molar-refractivity contribution in [1.82, 2.24) is 40.9 Å². The van der Waals surface area contributed by atoms with Gasteiger partial charge in [0, 0.05) is 94.9 Å². The van der Waals surface area contributed by atoms with E-state index in [1.54, 1.807) is 115 Å². The fourth-order valence-corrected chi connectivity index (χ4v) is 22.1. The van der Waals surface area contributed by atoms with Crippen molar-refractivity contribution < 1.29 is 120 Å². The quantitative estimate of drug-likeness (QED) is 0.0159. The first-order valence-electron chi connectivity index (χ1n) is 48.8. The molecule has 0 spiro atoms. The minimum absolute atomic E-state index is 0.0124. The van der Waals surface area contributed by atoms with Crippen molar-refractivity contribution in [3.05, 3.63) is 354 Å². The van der Waals surface area contributed by atoms with Crippen molar-refractivity contribution in [2.45, 2.75) is 176 Å². The van der Waals surface area contributed by atoms with Gasteiger partial charge in [0.15, 0.2) is 48.8 Å². The minimum atomic E-state index is -1.95. The fourth-order valence-electron chi connectivity index (χ4n) is 18.3. The lowest BCUT2D eigenvalue weighted by Crippen LogP contribution is -2.50. The highest BCUT2D eigenvalue weighted by molar-refractivity contribution is 7.11. The summed E-state index contributed by atoms with van der Waals surface area (Å²) in [6.45, 7) is 2.41. The molecule has 27 nitrogen and oxygen atoms in total. The van der Waals surface area contributed by atoms with Crippen molar-refractivity contribution >= 4 is 104 Å². The third-order valence-corrected chi connectivity index (χ3v) is 30.5. The molecular formula is C111H119ClF6N8O19S4. The van der Waals surface area contributed by atoms with Gasteiger partial charge in [-0.15, -0.1) is 45.3 Å². The number of benzene rings is 8. The summed E-state index contributed by atoms with van der Waals surface area (Å²) in [5.41, 5.74) is 10.4. The van der Waals surface area contributed by atoms with E-state index in [1.165, 1.54) is 97.7 Å². The molecule has 0 radical (unpaired) electrons. The summed E-state index contributed by atoms with van der Waals surface area (Å²) in [6, 6.07) is 54.9. The predicted octanol–water partition coefficient (Wildman–Crippen LogP) is 13.8. The summed E-state index contributed by atoms with van der Waals surface area (Å²) in [5, 5.41) is 102. The fraction of sp³-hybridized carbons (Fsp3) is 0.351. The third kappa shape index (κ3) is 31.7. The molecular weight excluding hydrogens is 2030 g/mol. The molecule has 4 aromatic heterocycles. The van der Waals surface area contributed by atoms with Crippen LogP contribution in [0.25, 0.3) is 0 Å². The van der Waals surface area contributed by atoms with Gasteiger partial charge >= 0.3 is 0 Å². The Morgan fingerprint density at radius 2 is 0.577 bits per heavy atom. The second-order valence-electron chi connectivity index (χ2n) is 36.5. The SMILES string of the molecule is COc1cc(Cc2csc(CCNC(=O)[C@H](O)[C@@H](O)C(=O)N3CCCC3c3ccc(F)cc3)c2)cc(OC)c1.COc1cccc(Cc2csc(CCNC(=O)[C@H](O)[C@@H](O)C(=O)N3CCCC3c3ccc(F)cc3)c2)c1.O=C(NCCc1cc(Cc2c(F)cccc2F)cs1)[C@H](O)[C@@H](O)C(=O)N1CCCC1c1ccc(F)cc1.O=C(NCCc1cc(Cc2cccc(Cl)c2)cs1)[C@H](O)[C@@H](O)C(=O)N1CCCC1c1ccc(F)cc1. The topological polar surface area (TPSA) is 387 Å². The van der Waals surface area contributed by atoms with E-state index in [0.717, 1.165) is 105 Å². The maximum absolute atomic E-state index is 13.9. The number of carbonyl (C=O) groups is 8. The number of ether oxygens (including phenoxy) is 3. The maximum Gasteiger partial charge on any atom is 0.255 e. The molecule has 16 rings (SSSR count). The summed E-state index contributed by atoms with van der Waals surface area (Å²) in [4.78, 5) is 111. The van der Waals surface area contributed by atoms with Gasteiger partial charge in [-0.25, -0.2) is 26.3 Å². The van der Waals surface area contributed by atoms with E-state index < -0.39 is 114 Å². The van der Waals surface area contributed by atoms with E-state index >= 15 is 0 Å². The molecule has 4 unspecified atom stereocenters. The summed E-state index contributed by atoms with van der Waals surface area (Å²) in [7, 11) is 4.86. The van der Waals surface area contributed by atoms with Crippen LogP contribution in [0.4, 0.5) is 26.3 Å². The highest BCUT2D eigenvalue weighted by Gasteiger charge is 2.44. The number of methoxy groups -OCH3 is 3. The normalized spacial score (nSPS) is 16.9. The first kappa shape index (κ1) is 113. The van der Waals surface area contributed by atoms with Crippen LogP contribution in [0.1, 0.15) is 162 Å². The minimum Gasteiger partial charge on any atom is -0.497 e. The van der Waals surface area contributed by atoms with Crippen molar-refractivity contribution in [2.24, 2.45) is 0 Å². The Labute approximate surface area is 879 Å². The van der Waals surface area contributed by atoms with Crippen molar-refractivity contribution in [1.29, 1.82) is 0 Å². The maximum atomic E-state index is 13.9. The summed E-state index contributed by atoms with van der Waals surface area (Å²) < 4.78 is 96.8. The second-order valence-corrected chi connectivity index (χ2v) is 40.9. The monoisotopic (exact) mass is 2140 g/mol. The molecule has 790 valence electrons. The Balaban J connectivity index is 0.000000166. The van der Waals surface area contributed by atoms with Crippen LogP contribution in [0, 0.1) is 34.9 Å². The van der Waals surface area contributed by atoms with E-state index in [4.69, 9.17) is 25.8 Å². The summed E-state index contributed by atoms with van der Waals surface area (Å²) in [6.07, 6.45) is -5.43. The number of thiophene rings is 4. The lowest BCUT2D eigenvalue weighted by molar-refractivity contribution is -0.153. The number of nitrogens with zero attached hydrogens (tertiary/aromatic N) is 4. The van der Waals surface area contributed by atoms with E-state index in [9.17, 15) is 106 Å². The highest BCUT2D eigenvalue weighted by Crippen LogP contribution is 2.39. The Morgan fingerprint density at radius 1 is 0.315 bits per heavy atom. The zero-order chi connectivity index (χ0) is 106.